The molecule has 1 aromatic heterocycles. The summed E-state index contributed by atoms with van der Waals surface area (Å²) in [5.41, 5.74) is 2.05. The summed E-state index contributed by atoms with van der Waals surface area (Å²) in [6, 6.07) is 21.9. The highest BCUT2D eigenvalue weighted by atomic mass is 32.2. The number of nitrogens with one attached hydrogen (secondary N) is 1. The van der Waals surface area contributed by atoms with E-state index in [1.54, 1.807) is 31.4 Å². The lowest BCUT2D eigenvalue weighted by Crippen LogP contribution is -2.43. The second kappa shape index (κ2) is 12.8. The molecule has 9 heteroatoms. The first-order valence-corrected chi connectivity index (χ1v) is 13.3. The molecule has 8 nitrogen and oxygen atoms in total. The number of fused-ring (bicyclic) bond motifs is 1. The monoisotopic (exact) mass is 533 g/mol. The van der Waals surface area contributed by atoms with Crippen LogP contribution in [0.5, 0.6) is 11.5 Å². The SMILES string of the molecule is COc1ccc(-c2cc(=O)oc3cc(OC(=O)C(CCSC)NC(=O)OCc4ccccc4)ccc23)cc1. The highest BCUT2D eigenvalue weighted by Gasteiger charge is 2.24. The van der Waals surface area contributed by atoms with Crippen molar-refractivity contribution in [3.63, 3.8) is 0 Å². The van der Waals surface area contributed by atoms with Gasteiger partial charge in [0, 0.05) is 17.5 Å². The van der Waals surface area contributed by atoms with E-state index in [0.29, 0.717) is 28.9 Å². The van der Waals surface area contributed by atoms with Crippen LogP contribution in [0.1, 0.15) is 12.0 Å². The molecular weight excluding hydrogens is 506 g/mol. The molecule has 196 valence electrons. The van der Waals surface area contributed by atoms with Crippen molar-refractivity contribution in [1.82, 2.24) is 5.32 Å². The Balaban J connectivity index is 1.49. The highest BCUT2D eigenvalue weighted by Crippen LogP contribution is 2.31. The lowest BCUT2D eigenvalue weighted by Gasteiger charge is -2.17. The zero-order valence-electron chi connectivity index (χ0n) is 21.0. The van der Waals surface area contributed by atoms with Gasteiger partial charge in [0.05, 0.1) is 7.11 Å². The Morgan fingerprint density at radius 2 is 1.71 bits per heavy atom. The van der Waals surface area contributed by atoms with Crippen molar-refractivity contribution in [2.75, 3.05) is 19.1 Å². The lowest BCUT2D eigenvalue weighted by molar-refractivity contribution is -0.136. The van der Waals surface area contributed by atoms with Crippen LogP contribution in [0.4, 0.5) is 4.79 Å². The van der Waals surface area contributed by atoms with E-state index in [1.165, 1.54) is 23.9 Å². The minimum Gasteiger partial charge on any atom is -0.497 e. The minimum atomic E-state index is -0.918. The fourth-order valence-corrected chi connectivity index (χ4v) is 4.27. The quantitative estimate of drug-likeness (QED) is 0.164. The van der Waals surface area contributed by atoms with Gasteiger partial charge in [0.2, 0.25) is 0 Å². The predicted molar refractivity (Wildman–Crippen MR) is 147 cm³/mol. The summed E-state index contributed by atoms with van der Waals surface area (Å²) >= 11 is 1.54. The third-order valence-electron chi connectivity index (χ3n) is 5.74. The van der Waals surface area contributed by atoms with E-state index < -0.39 is 23.7 Å². The summed E-state index contributed by atoms with van der Waals surface area (Å²) < 4.78 is 21.4. The summed E-state index contributed by atoms with van der Waals surface area (Å²) in [6.45, 7) is 0.0806. The Morgan fingerprint density at radius 3 is 2.42 bits per heavy atom. The van der Waals surface area contributed by atoms with Crippen molar-refractivity contribution < 1.29 is 28.2 Å². The van der Waals surface area contributed by atoms with E-state index in [-0.39, 0.29) is 17.9 Å². The topological polar surface area (TPSA) is 104 Å². The fourth-order valence-electron chi connectivity index (χ4n) is 3.79. The van der Waals surface area contributed by atoms with Crippen LogP contribution in [0, 0.1) is 0 Å². The van der Waals surface area contributed by atoms with Crippen molar-refractivity contribution in [3.8, 4) is 22.6 Å². The minimum absolute atomic E-state index is 0.0806. The molecule has 1 amide bonds. The molecule has 1 atom stereocenters. The molecule has 0 radical (unpaired) electrons. The molecule has 1 unspecified atom stereocenters. The molecule has 0 saturated heterocycles. The summed E-state index contributed by atoms with van der Waals surface area (Å²) in [7, 11) is 1.58. The van der Waals surface area contributed by atoms with Gasteiger partial charge in [-0.1, -0.05) is 42.5 Å². The molecule has 0 saturated carbocycles. The number of carbonyl (C=O) groups excluding carboxylic acids is 2. The van der Waals surface area contributed by atoms with Crippen LogP contribution in [0.3, 0.4) is 0 Å². The van der Waals surface area contributed by atoms with Crippen molar-refractivity contribution in [2.45, 2.75) is 19.1 Å². The van der Waals surface area contributed by atoms with Crippen molar-refractivity contribution >= 4 is 34.8 Å². The highest BCUT2D eigenvalue weighted by molar-refractivity contribution is 7.98. The van der Waals surface area contributed by atoms with E-state index in [1.807, 2.05) is 48.7 Å². The predicted octanol–water partition coefficient (Wildman–Crippen LogP) is 5.42. The summed E-state index contributed by atoms with van der Waals surface area (Å²) in [4.78, 5) is 37.6. The molecule has 38 heavy (non-hydrogen) atoms. The second-order valence-corrected chi connectivity index (χ2v) is 9.31. The van der Waals surface area contributed by atoms with Gasteiger partial charge in [0.25, 0.3) is 0 Å². The van der Waals surface area contributed by atoms with E-state index >= 15 is 0 Å². The average molecular weight is 534 g/mol. The average Bonchev–Trinajstić information content (AvgIpc) is 2.94. The maximum atomic E-state index is 13.0. The molecule has 0 aliphatic carbocycles. The van der Waals surface area contributed by atoms with Gasteiger partial charge in [-0.25, -0.2) is 14.4 Å². The third-order valence-corrected chi connectivity index (χ3v) is 6.38. The van der Waals surface area contributed by atoms with Gasteiger partial charge in [0.15, 0.2) is 0 Å². The first kappa shape index (κ1) is 26.8. The van der Waals surface area contributed by atoms with Crippen molar-refractivity contribution in [1.29, 1.82) is 0 Å². The van der Waals surface area contributed by atoms with Crippen molar-refractivity contribution in [2.24, 2.45) is 0 Å². The number of rotatable bonds is 10. The van der Waals surface area contributed by atoms with Gasteiger partial charge < -0.3 is 23.9 Å². The van der Waals surface area contributed by atoms with Crippen LogP contribution < -0.4 is 20.4 Å². The van der Waals surface area contributed by atoms with E-state index in [2.05, 4.69) is 5.32 Å². The Labute approximate surface area is 223 Å². The maximum Gasteiger partial charge on any atom is 0.408 e. The Kier molecular flexibility index (Phi) is 9.05. The smallest absolute Gasteiger partial charge is 0.408 e. The van der Waals surface area contributed by atoms with Gasteiger partial charge in [-0.3, -0.25) is 0 Å². The van der Waals surface area contributed by atoms with Crippen LogP contribution in [-0.4, -0.2) is 37.2 Å². The van der Waals surface area contributed by atoms with E-state index in [0.717, 1.165) is 11.1 Å². The third kappa shape index (κ3) is 6.95. The summed E-state index contributed by atoms with van der Waals surface area (Å²) in [5.74, 6) is 0.856. The van der Waals surface area contributed by atoms with Gasteiger partial charge >= 0.3 is 17.7 Å². The maximum absolute atomic E-state index is 13.0. The summed E-state index contributed by atoms with van der Waals surface area (Å²) in [6.07, 6.45) is 1.54. The number of thioether (sulfide) groups is 1. The molecular formula is C29H27NO7S. The van der Waals surface area contributed by atoms with Crippen molar-refractivity contribution in [3.05, 3.63) is 94.8 Å². The Hall–Kier alpha value is -4.24. The zero-order valence-corrected chi connectivity index (χ0v) is 21.8. The number of alkyl carbamates (subject to hydrolysis) is 1. The molecule has 0 bridgehead atoms. The molecule has 4 aromatic rings. The van der Waals surface area contributed by atoms with Gasteiger partial charge in [-0.2, -0.15) is 11.8 Å². The molecule has 1 heterocycles. The molecule has 3 aromatic carbocycles. The number of hydrogen-bond acceptors (Lipinski definition) is 8. The number of hydrogen-bond donors (Lipinski definition) is 1. The largest absolute Gasteiger partial charge is 0.497 e. The van der Waals surface area contributed by atoms with Crippen LogP contribution in [0.15, 0.2) is 88.1 Å². The van der Waals surface area contributed by atoms with Crippen LogP contribution in [0.2, 0.25) is 0 Å². The molecule has 0 spiro atoms. The molecule has 0 aliphatic rings. The van der Waals surface area contributed by atoms with E-state index in [4.69, 9.17) is 18.6 Å². The van der Waals surface area contributed by atoms with Crippen LogP contribution in [-0.2, 0) is 16.1 Å². The van der Waals surface area contributed by atoms with Crippen LogP contribution >= 0.6 is 11.8 Å². The molecule has 1 N–H and O–H groups in total. The van der Waals surface area contributed by atoms with E-state index in [9.17, 15) is 14.4 Å². The molecule has 0 fully saturated rings. The standard InChI is InChI=1S/C29H27NO7S/c1-34-21-10-8-20(9-11-21)24-17-27(31)37-26-16-22(12-13-23(24)26)36-28(32)25(14-15-38-2)30-29(33)35-18-19-6-4-3-5-7-19/h3-13,16-17,25H,14-15,18H2,1-2H3,(H,30,33). The number of ether oxygens (including phenoxy) is 3. The van der Waals surface area contributed by atoms with Crippen LogP contribution in [0.25, 0.3) is 22.1 Å². The Morgan fingerprint density at radius 1 is 0.974 bits per heavy atom. The number of amides is 1. The molecule has 0 aliphatic heterocycles. The number of methoxy groups -OCH3 is 1. The van der Waals surface area contributed by atoms with Gasteiger partial charge in [0.1, 0.15) is 29.7 Å². The molecule has 4 rings (SSSR count). The van der Waals surface area contributed by atoms with Gasteiger partial charge in [-0.05, 0) is 59.4 Å². The second-order valence-electron chi connectivity index (χ2n) is 8.33. The zero-order chi connectivity index (χ0) is 26.9. The number of benzene rings is 3. The fraction of sp³-hybridized carbons (Fsp3) is 0.207. The first-order valence-electron chi connectivity index (χ1n) is 11.9. The lowest BCUT2D eigenvalue weighted by atomic mass is 10.0. The number of esters is 1. The Bertz CT molecular complexity index is 1450. The normalized spacial score (nSPS) is 11.5. The summed E-state index contributed by atoms with van der Waals surface area (Å²) in [5, 5.41) is 3.27. The first-order chi connectivity index (χ1) is 18.5. The number of carbonyl (C=O) groups is 2. The van der Waals surface area contributed by atoms with Gasteiger partial charge in [-0.15, -0.1) is 0 Å².